The van der Waals surface area contributed by atoms with Crippen molar-refractivity contribution in [2.45, 2.75) is 76.5 Å². The number of hydrogen-bond acceptors (Lipinski definition) is 2. The number of benzene rings is 2. The summed E-state index contributed by atoms with van der Waals surface area (Å²) in [6.07, 6.45) is 16.3. The normalized spacial score (nSPS) is 16.7. The number of aromatic hydroxyl groups is 1. The Hall–Kier alpha value is -0.796. The number of nitrogens with zero attached hydrogens (tertiary/aromatic N) is 1. The molecule has 1 N–H and O–H groups in total. The van der Waals surface area contributed by atoms with E-state index in [1.165, 1.54) is 70.6 Å². The first-order valence-electron chi connectivity index (χ1n) is 11.1. The van der Waals surface area contributed by atoms with Crippen molar-refractivity contribution in [2.75, 3.05) is 0 Å². The number of phenols is 1. The summed E-state index contributed by atoms with van der Waals surface area (Å²) in [5.41, 5.74) is 2.85. The SMILES string of the molecule is Oc1c(C=Nc2ccccc2)cccc1C1CCCCCCCCCCC1.[Cl][Ti][Cl]. The average Bonchev–Trinajstić information content (AvgIpc) is 2.75. The second kappa shape index (κ2) is 15.9. The Bertz CT molecular complexity index is 727. The van der Waals surface area contributed by atoms with Crippen molar-refractivity contribution < 1.29 is 22.1 Å². The molecule has 0 spiro atoms. The fourth-order valence-electron chi connectivity index (χ4n) is 4.15. The van der Waals surface area contributed by atoms with Gasteiger partial charge in [0.05, 0.1) is 5.69 Å². The standard InChI is InChI=1S/C25H33NO.2ClH.Ti/c27-25-22(20-26-23-17-11-8-12-18-23)16-13-19-24(25)21-14-9-6-4-2-1-3-5-7-10-15-21;;;/h8,11-13,16-21,27H,1-7,9-10,14-15H2;2*1H;/q;;;+2/p-2. The zero-order chi connectivity index (χ0) is 21.4. The summed E-state index contributed by atoms with van der Waals surface area (Å²) in [7, 11) is 9.78. The molecule has 0 atom stereocenters. The van der Waals surface area contributed by atoms with Crippen molar-refractivity contribution >= 4 is 30.5 Å². The van der Waals surface area contributed by atoms with Crippen LogP contribution < -0.4 is 0 Å². The van der Waals surface area contributed by atoms with Crippen LogP contribution in [0.4, 0.5) is 5.69 Å². The van der Waals surface area contributed by atoms with Gasteiger partial charge in [-0.3, -0.25) is 4.99 Å². The molecule has 3 rings (SSSR count). The van der Waals surface area contributed by atoms with Gasteiger partial charge in [0.1, 0.15) is 5.75 Å². The molecule has 1 aliphatic carbocycles. The van der Waals surface area contributed by atoms with E-state index in [4.69, 9.17) is 18.6 Å². The molecule has 5 heteroatoms. The van der Waals surface area contributed by atoms with Gasteiger partial charge in [0, 0.05) is 11.8 Å². The molecule has 0 unspecified atom stereocenters. The Morgan fingerprint density at radius 1 is 0.767 bits per heavy atom. The first kappa shape index (κ1) is 25.5. The Morgan fingerprint density at radius 2 is 1.30 bits per heavy atom. The van der Waals surface area contributed by atoms with Crippen molar-refractivity contribution in [3.05, 3.63) is 59.7 Å². The summed E-state index contributed by atoms with van der Waals surface area (Å²) < 4.78 is 0. The second-order valence-electron chi connectivity index (χ2n) is 7.91. The summed E-state index contributed by atoms with van der Waals surface area (Å²) in [6, 6.07) is 16.0. The molecule has 0 radical (unpaired) electrons. The summed E-state index contributed by atoms with van der Waals surface area (Å²) in [5, 5.41) is 10.9. The molecule has 0 bridgehead atoms. The number of phenolic OH excluding ortho intramolecular Hbond substituents is 1. The number of rotatable bonds is 3. The van der Waals surface area contributed by atoms with E-state index in [2.05, 4.69) is 17.1 Å². The van der Waals surface area contributed by atoms with Crippen molar-refractivity contribution in [1.82, 2.24) is 0 Å². The molecular formula is C25H33Cl2NOTi. The van der Waals surface area contributed by atoms with E-state index in [0.717, 1.165) is 16.8 Å². The van der Waals surface area contributed by atoms with E-state index in [1.54, 1.807) is 6.21 Å². The van der Waals surface area contributed by atoms with Crippen LogP contribution in [0, 0.1) is 0 Å². The first-order chi connectivity index (χ1) is 14.8. The van der Waals surface area contributed by atoms with Crippen molar-refractivity contribution in [3.63, 3.8) is 0 Å². The second-order valence-corrected chi connectivity index (χ2v) is 10.5. The van der Waals surface area contributed by atoms with E-state index >= 15 is 0 Å². The van der Waals surface area contributed by atoms with Gasteiger partial charge in [0.25, 0.3) is 0 Å². The van der Waals surface area contributed by atoms with Crippen molar-refractivity contribution in [1.29, 1.82) is 0 Å². The monoisotopic (exact) mass is 481 g/mol. The Kier molecular flexibility index (Phi) is 13.5. The molecule has 0 saturated heterocycles. The van der Waals surface area contributed by atoms with Crippen LogP contribution in [0.1, 0.15) is 87.7 Å². The molecule has 2 nitrogen and oxygen atoms in total. The van der Waals surface area contributed by atoms with Gasteiger partial charge >= 0.3 is 35.6 Å². The average molecular weight is 482 g/mol. The Balaban J connectivity index is 0.00000101. The molecule has 1 saturated carbocycles. The molecule has 1 aliphatic rings. The van der Waals surface area contributed by atoms with E-state index in [-0.39, 0.29) is 0 Å². The molecular weight excluding hydrogens is 449 g/mol. The molecule has 30 heavy (non-hydrogen) atoms. The van der Waals surface area contributed by atoms with Crippen LogP contribution in [0.3, 0.4) is 0 Å². The molecule has 0 aliphatic heterocycles. The van der Waals surface area contributed by atoms with Gasteiger partial charge in [-0.25, -0.2) is 0 Å². The quantitative estimate of drug-likeness (QED) is 0.344. The molecule has 2 aromatic carbocycles. The van der Waals surface area contributed by atoms with E-state index in [9.17, 15) is 5.11 Å². The van der Waals surface area contributed by atoms with Crippen LogP contribution in [0.5, 0.6) is 5.75 Å². The fraction of sp³-hybridized carbons (Fsp3) is 0.480. The molecule has 2 aromatic rings. The maximum absolute atomic E-state index is 10.9. The van der Waals surface area contributed by atoms with Gasteiger partial charge in [-0.2, -0.15) is 0 Å². The van der Waals surface area contributed by atoms with Gasteiger partial charge in [0.2, 0.25) is 0 Å². The third-order valence-electron chi connectivity index (χ3n) is 5.75. The third kappa shape index (κ3) is 9.56. The van der Waals surface area contributed by atoms with E-state index < -0.39 is 17.0 Å². The van der Waals surface area contributed by atoms with E-state index in [0.29, 0.717) is 11.7 Å². The van der Waals surface area contributed by atoms with Crippen LogP contribution in [0.15, 0.2) is 53.5 Å². The Morgan fingerprint density at radius 3 is 1.87 bits per heavy atom. The van der Waals surface area contributed by atoms with Gasteiger partial charge in [0.15, 0.2) is 0 Å². The Labute approximate surface area is 198 Å². The van der Waals surface area contributed by atoms with Crippen LogP contribution in [-0.4, -0.2) is 11.3 Å². The zero-order valence-corrected chi connectivity index (χ0v) is 20.8. The molecule has 162 valence electrons. The summed E-state index contributed by atoms with van der Waals surface area (Å²) in [5.74, 6) is 0.892. The topological polar surface area (TPSA) is 32.6 Å². The van der Waals surface area contributed by atoms with Crippen LogP contribution in [-0.2, 0) is 17.0 Å². The van der Waals surface area contributed by atoms with Gasteiger partial charge in [-0.15, -0.1) is 0 Å². The van der Waals surface area contributed by atoms with Crippen molar-refractivity contribution in [2.24, 2.45) is 4.99 Å². The zero-order valence-electron chi connectivity index (χ0n) is 17.7. The minimum atomic E-state index is -0.556. The number of hydrogen-bond donors (Lipinski definition) is 1. The van der Waals surface area contributed by atoms with Gasteiger partial charge < -0.3 is 5.11 Å². The first-order valence-corrected chi connectivity index (χ1v) is 15.4. The molecule has 1 fully saturated rings. The van der Waals surface area contributed by atoms with Crippen molar-refractivity contribution in [3.8, 4) is 5.75 Å². The van der Waals surface area contributed by atoms with E-state index in [1.807, 2.05) is 36.4 Å². The fourth-order valence-corrected chi connectivity index (χ4v) is 4.15. The molecule has 0 heterocycles. The maximum atomic E-state index is 10.9. The third-order valence-corrected chi connectivity index (χ3v) is 5.75. The summed E-state index contributed by atoms with van der Waals surface area (Å²) in [4.78, 5) is 4.52. The predicted molar refractivity (Wildman–Crippen MR) is 127 cm³/mol. The van der Waals surface area contributed by atoms with Crippen LogP contribution >= 0.6 is 18.6 Å². The number of aliphatic imine (C=N–C) groups is 1. The number of para-hydroxylation sites is 2. The number of halogens is 2. The predicted octanol–water partition coefficient (Wildman–Crippen LogP) is 8.91. The molecule has 0 aromatic heterocycles. The summed E-state index contributed by atoms with van der Waals surface area (Å²) >= 11 is -0.556. The minimum absolute atomic E-state index is 0.425. The van der Waals surface area contributed by atoms with Gasteiger partial charge in [-0.05, 0) is 42.5 Å². The van der Waals surface area contributed by atoms with Gasteiger partial charge in [-0.1, -0.05) is 88.1 Å². The summed E-state index contributed by atoms with van der Waals surface area (Å²) in [6.45, 7) is 0. The van der Waals surface area contributed by atoms with Crippen LogP contribution in [0.25, 0.3) is 0 Å². The molecule has 0 amide bonds. The van der Waals surface area contributed by atoms with Crippen LogP contribution in [0.2, 0.25) is 0 Å².